The fourth-order valence-corrected chi connectivity index (χ4v) is 3.16. The van der Waals surface area contributed by atoms with Gasteiger partial charge >= 0.3 is 0 Å². The summed E-state index contributed by atoms with van der Waals surface area (Å²) in [5, 5.41) is 0. The first-order valence-corrected chi connectivity index (χ1v) is 8.37. The maximum Gasteiger partial charge on any atom is 0.132 e. The molecule has 130 valence electrons. The van der Waals surface area contributed by atoms with Gasteiger partial charge in [0.15, 0.2) is 0 Å². The van der Waals surface area contributed by atoms with Crippen LogP contribution in [-0.4, -0.2) is 40.2 Å². The molecule has 1 atom stereocenters. The van der Waals surface area contributed by atoms with E-state index in [1.807, 2.05) is 24.9 Å². The third-order valence-electron chi connectivity index (χ3n) is 4.46. The third kappa shape index (κ3) is 3.32. The number of nitrogens with zero attached hydrogens (tertiary/aromatic N) is 4. The maximum atomic E-state index is 13.3. The number of anilines is 1. The van der Waals surface area contributed by atoms with Crippen LogP contribution in [0.3, 0.4) is 0 Å². The minimum atomic E-state index is -0.272. The summed E-state index contributed by atoms with van der Waals surface area (Å²) in [6.45, 7) is 3.96. The van der Waals surface area contributed by atoms with Gasteiger partial charge in [0.1, 0.15) is 23.3 Å². The number of ether oxygens (including phenoxy) is 1. The molecule has 0 unspecified atom stereocenters. The Labute approximate surface area is 145 Å². The summed E-state index contributed by atoms with van der Waals surface area (Å²) in [6.07, 6.45) is 0.995. The summed E-state index contributed by atoms with van der Waals surface area (Å²) in [5.41, 5.74) is 2.48. The van der Waals surface area contributed by atoms with Crippen molar-refractivity contribution >= 4 is 16.9 Å². The van der Waals surface area contributed by atoms with Crippen molar-refractivity contribution < 1.29 is 9.13 Å². The molecule has 6 nitrogen and oxygen atoms in total. The fraction of sp³-hybridized carbons (Fsp3) is 0.389. The second kappa shape index (κ2) is 6.40. The number of hydrogen-bond donors (Lipinski definition) is 1. The van der Waals surface area contributed by atoms with Crippen molar-refractivity contribution in [3.63, 3.8) is 0 Å². The molecule has 1 saturated heterocycles. The molecule has 4 rings (SSSR count). The number of aromatic amines is 1. The molecule has 1 aliphatic rings. The molecular weight excluding hydrogens is 321 g/mol. The number of H-pyrrole nitrogens is 1. The topological polar surface area (TPSA) is 66.9 Å². The molecule has 3 heterocycles. The van der Waals surface area contributed by atoms with Gasteiger partial charge in [-0.3, -0.25) is 0 Å². The van der Waals surface area contributed by atoms with Crippen molar-refractivity contribution in [2.75, 3.05) is 25.2 Å². The van der Waals surface area contributed by atoms with Gasteiger partial charge in [-0.1, -0.05) is 0 Å². The van der Waals surface area contributed by atoms with Crippen molar-refractivity contribution in [1.29, 1.82) is 0 Å². The first kappa shape index (κ1) is 16.0. The lowest BCUT2D eigenvalue weighted by atomic mass is 10.0. The lowest BCUT2D eigenvalue weighted by Crippen LogP contribution is -2.20. The highest BCUT2D eigenvalue weighted by molar-refractivity contribution is 5.75. The number of aromatic nitrogens is 4. The van der Waals surface area contributed by atoms with E-state index in [0.29, 0.717) is 18.0 Å². The van der Waals surface area contributed by atoms with Gasteiger partial charge in [0.25, 0.3) is 0 Å². The standard InChI is InChI=1S/C18H20FN5O/c1-11-20-15(12-5-6-25-10-12)8-18(21-11)24(2)9-17-22-14-4-3-13(19)7-16(14)23-17/h3-4,7-8,12H,5-6,9-10H2,1-2H3,(H,22,23)/t12-/m0/s1. The van der Waals surface area contributed by atoms with Gasteiger partial charge < -0.3 is 14.6 Å². The maximum absolute atomic E-state index is 13.3. The summed E-state index contributed by atoms with van der Waals surface area (Å²) in [7, 11) is 1.96. The van der Waals surface area contributed by atoms with Gasteiger partial charge in [-0.15, -0.1) is 0 Å². The Bertz CT molecular complexity index is 904. The molecule has 0 amide bonds. The summed E-state index contributed by atoms with van der Waals surface area (Å²) < 4.78 is 18.8. The summed E-state index contributed by atoms with van der Waals surface area (Å²) in [5.74, 6) is 2.43. The Hall–Kier alpha value is -2.54. The van der Waals surface area contributed by atoms with Crippen molar-refractivity contribution in [2.45, 2.75) is 25.8 Å². The van der Waals surface area contributed by atoms with Crippen molar-refractivity contribution in [2.24, 2.45) is 0 Å². The average Bonchev–Trinajstić information content (AvgIpc) is 3.23. The lowest BCUT2D eigenvalue weighted by molar-refractivity contribution is 0.193. The molecule has 0 bridgehead atoms. The number of benzene rings is 1. The van der Waals surface area contributed by atoms with Gasteiger partial charge in [0, 0.05) is 25.6 Å². The first-order valence-electron chi connectivity index (χ1n) is 8.37. The lowest BCUT2D eigenvalue weighted by Gasteiger charge is -2.19. The summed E-state index contributed by atoms with van der Waals surface area (Å²) in [4.78, 5) is 18.8. The predicted molar refractivity (Wildman–Crippen MR) is 93.1 cm³/mol. The molecule has 0 aliphatic carbocycles. The monoisotopic (exact) mass is 341 g/mol. The highest BCUT2D eigenvalue weighted by Crippen LogP contribution is 2.26. The van der Waals surface area contributed by atoms with Crippen LogP contribution in [0.4, 0.5) is 10.2 Å². The highest BCUT2D eigenvalue weighted by atomic mass is 19.1. The Morgan fingerprint density at radius 2 is 2.16 bits per heavy atom. The number of imidazole rings is 1. The van der Waals surface area contributed by atoms with Crippen LogP contribution in [0.25, 0.3) is 11.0 Å². The molecule has 0 radical (unpaired) electrons. The Morgan fingerprint density at radius 3 is 2.96 bits per heavy atom. The second-order valence-electron chi connectivity index (χ2n) is 6.46. The Balaban J connectivity index is 1.58. The minimum Gasteiger partial charge on any atom is -0.381 e. The predicted octanol–water partition coefficient (Wildman–Crippen LogP) is 2.94. The van der Waals surface area contributed by atoms with Crippen LogP contribution in [0.15, 0.2) is 24.3 Å². The van der Waals surface area contributed by atoms with Crippen LogP contribution >= 0.6 is 0 Å². The van der Waals surface area contributed by atoms with Crippen LogP contribution in [0.2, 0.25) is 0 Å². The van der Waals surface area contributed by atoms with Gasteiger partial charge in [-0.2, -0.15) is 0 Å². The van der Waals surface area contributed by atoms with Crippen molar-refractivity contribution in [3.8, 4) is 0 Å². The second-order valence-corrected chi connectivity index (χ2v) is 6.46. The van der Waals surface area contributed by atoms with Crippen LogP contribution in [0.5, 0.6) is 0 Å². The van der Waals surface area contributed by atoms with Crippen LogP contribution in [0, 0.1) is 12.7 Å². The molecule has 3 aromatic rings. The molecule has 1 aromatic carbocycles. The van der Waals surface area contributed by atoms with E-state index in [4.69, 9.17) is 4.74 Å². The summed E-state index contributed by atoms with van der Waals surface area (Å²) >= 11 is 0. The van der Waals surface area contributed by atoms with E-state index < -0.39 is 0 Å². The third-order valence-corrected chi connectivity index (χ3v) is 4.46. The van der Waals surface area contributed by atoms with Crippen molar-refractivity contribution in [3.05, 3.63) is 47.4 Å². The molecule has 1 N–H and O–H groups in total. The van der Waals surface area contributed by atoms with Gasteiger partial charge in [0.05, 0.1) is 29.9 Å². The molecule has 0 saturated carbocycles. The van der Waals surface area contributed by atoms with Crippen molar-refractivity contribution in [1.82, 2.24) is 19.9 Å². The number of halogens is 1. The van der Waals surface area contributed by atoms with Crippen LogP contribution < -0.4 is 4.90 Å². The zero-order chi connectivity index (χ0) is 17.4. The Morgan fingerprint density at radius 1 is 1.28 bits per heavy atom. The van der Waals surface area contributed by atoms with E-state index in [1.54, 1.807) is 6.07 Å². The number of aryl methyl sites for hydroxylation is 1. The molecule has 1 aliphatic heterocycles. The van der Waals surface area contributed by atoms with E-state index in [9.17, 15) is 4.39 Å². The van der Waals surface area contributed by atoms with Crippen LogP contribution in [0.1, 0.15) is 29.7 Å². The number of rotatable bonds is 4. The van der Waals surface area contributed by atoms with E-state index in [2.05, 4.69) is 19.9 Å². The molecule has 0 spiro atoms. The van der Waals surface area contributed by atoms with E-state index in [-0.39, 0.29) is 5.82 Å². The fourth-order valence-electron chi connectivity index (χ4n) is 3.16. The highest BCUT2D eigenvalue weighted by Gasteiger charge is 2.21. The zero-order valence-electron chi connectivity index (χ0n) is 14.3. The number of hydrogen-bond acceptors (Lipinski definition) is 5. The van der Waals surface area contributed by atoms with E-state index in [1.165, 1.54) is 12.1 Å². The minimum absolute atomic E-state index is 0.272. The SMILES string of the molecule is Cc1nc([C@H]2CCOC2)cc(N(C)Cc2nc3ccc(F)cc3[nH]2)n1. The van der Waals surface area contributed by atoms with Crippen LogP contribution in [-0.2, 0) is 11.3 Å². The van der Waals surface area contributed by atoms with E-state index in [0.717, 1.165) is 48.3 Å². The molecule has 7 heteroatoms. The molecule has 2 aromatic heterocycles. The van der Waals surface area contributed by atoms with Gasteiger partial charge in [-0.05, 0) is 31.5 Å². The largest absolute Gasteiger partial charge is 0.381 e. The normalized spacial score (nSPS) is 17.3. The summed E-state index contributed by atoms with van der Waals surface area (Å²) in [6, 6.07) is 6.58. The zero-order valence-corrected chi connectivity index (χ0v) is 14.3. The first-order chi connectivity index (χ1) is 12.1. The smallest absolute Gasteiger partial charge is 0.132 e. The molecule has 1 fully saturated rings. The molecule has 25 heavy (non-hydrogen) atoms. The average molecular weight is 341 g/mol. The van der Waals surface area contributed by atoms with Gasteiger partial charge in [0.2, 0.25) is 0 Å². The quantitative estimate of drug-likeness (QED) is 0.790. The number of nitrogens with one attached hydrogen (secondary N) is 1. The van der Waals surface area contributed by atoms with Gasteiger partial charge in [-0.25, -0.2) is 19.3 Å². The Kier molecular flexibility index (Phi) is 4.09. The number of fused-ring (bicyclic) bond motifs is 1. The molecular formula is C18H20FN5O. The van der Waals surface area contributed by atoms with E-state index >= 15 is 0 Å².